The van der Waals surface area contributed by atoms with Gasteiger partial charge in [0.25, 0.3) is 0 Å². The summed E-state index contributed by atoms with van der Waals surface area (Å²) in [6.45, 7) is 4.63. The second-order valence-corrected chi connectivity index (χ2v) is 9.61. The zero-order chi connectivity index (χ0) is 23.8. The standard InChI is InChI=1S/C24H33Cl2N3O4/c1-33-17-19-3-2-9-27(14-19)15-20(30)16-29-12-11-28(10-8-24(29)32)23(31)7-5-18-4-6-21(25)22(26)13-18/h4-7,13,19-20,30H,2-3,8-12,14-17H2,1H3/b7-5+. The number of rotatable bonds is 8. The van der Waals surface area contributed by atoms with Crippen molar-refractivity contribution in [2.45, 2.75) is 25.4 Å². The molecule has 0 radical (unpaired) electrons. The average molecular weight is 498 g/mol. The summed E-state index contributed by atoms with van der Waals surface area (Å²) in [6.07, 6.45) is 5.05. The summed E-state index contributed by atoms with van der Waals surface area (Å²) < 4.78 is 5.28. The molecule has 9 heteroatoms. The summed E-state index contributed by atoms with van der Waals surface area (Å²) in [5, 5.41) is 11.5. The number of halogens is 2. The first-order chi connectivity index (χ1) is 15.9. The molecule has 0 bridgehead atoms. The van der Waals surface area contributed by atoms with Crippen molar-refractivity contribution in [3.8, 4) is 0 Å². The van der Waals surface area contributed by atoms with E-state index in [0.717, 1.165) is 38.1 Å². The monoisotopic (exact) mass is 497 g/mol. The summed E-state index contributed by atoms with van der Waals surface area (Å²) >= 11 is 11.9. The van der Waals surface area contributed by atoms with E-state index in [-0.39, 0.29) is 24.8 Å². The molecule has 0 saturated carbocycles. The molecule has 3 rings (SSSR count). The van der Waals surface area contributed by atoms with E-state index in [0.29, 0.717) is 42.1 Å². The van der Waals surface area contributed by atoms with Gasteiger partial charge < -0.3 is 24.5 Å². The average Bonchev–Trinajstić information content (AvgIpc) is 2.96. The third kappa shape index (κ3) is 7.97. The largest absolute Gasteiger partial charge is 0.390 e. The Bertz CT molecular complexity index is 849. The van der Waals surface area contributed by atoms with Gasteiger partial charge in [0.2, 0.25) is 11.8 Å². The number of methoxy groups -OCH3 is 1. The first kappa shape index (κ1) is 26.0. The lowest BCUT2D eigenvalue weighted by molar-refractivity contribution is -0.132. The fourth-order valence-electron chi connectivity index (χ4n) is 4.47. The summed E-state index contributed by atoms with van der Waals surface area (Å²) in [7, 11) is 1.72. The summed E-state index contributed by atoms with van der Waals surface area (Å²) in [5.41, 5.74) is 0.777. The molecule has 2 atom stereocenters. The molecule has 2 saturated heterocycles. The Morgan fingerprint density at radius 2 is 2.03 bits per heavy atom. The molecule has 0 spiro atoms. The Morgan fingerprint density at radius 3 is 2.79 bits per heavy atom. The second kappa shape index (κ2) is 12.7. The molecule has 2 aliphatic rings. The van der Waals surface area contributed by atoms with E-state index >= 15 is 0 Å². The van der Waals surface area contributed by atoms with Crippen LogP contribution in [0.15, 0.2) is 24.3 Å². The van der Waals surface area contributed by atoms with E-state index in [1.807, 2.05) is 0 Å². The van der Waals surface area contributed by atoms with E-state index in [4.69, 9.17) is 27.9 Å². The Labute approximate surface area is 205 Å². The summed E-state index contributed by atoms with van der Waals surface area (Å²) in [4.78, 5) is 30.8. The highest BCUT2D eigenvalue weighted by atomic mass is 35.5. The Morgan fingerprint density at radius 1 is 1.21 bits per heavy atom. The molecule has 1 aromatic rings. The van der Waals surface area contributed by atoms with E-state index in [9.17, 15) is 14.7 Å². The van der Waals surface area contributed by atoms with Gasteiger partial charge in [-0.25, -0.2) is 0 Å². The van der Waals surface area contributed by atoms with Crippen molar-refractivity contribution in [3.63, 3.8) is 0 Å². The molecular formula is C24H33Cl2N3O4. The van der Waals surface area contributed by atoms with Gasteiger partial charge in [-0.2, -0.15) is 0 Å². The molecule has 2 unspecified atom stereocenters. The number of hydrogen-bond donors (Lipinski definition) is 1. The van der Waals surface area contributed by atoms with Crippen molar-refractivity contribution in [1.82, 2.24) is 14.7 Å². The van der Waals surface area contributed by atoms with Crippen LogP contribution < -0.4 is 0 Å². The van der Waals surface area contributed by atoms with Crippen molar-refractivity contribution >= 4 is 41.1 Å². The van der Waals surface area contributed by atoms with Crippen LogP contribution >= 0.6 is 23.2 Å². The minimum absolute atomic E-state index is 0.0336. The quantitative estimate of drug-likeness (QED) is 0.559. The number of hydrogen-bond acceptors (Lipinski definition) is 5. The van der Waals surface area contributed by atoms with Crippen LogP contribution in [0.25, 0.3) is 6.08 Å². The molecule has 1 N–H and O–H groups in total. The van der Waals surface area contributed by atoms with Crippen LogP contribution in [0.1, 0.15) is 24.8 Å². The highest BCUT2D eigenvalue weighted by molar-refractivity contribution is 6.42. The third-order valence-electron chi connectivity index (χ3n) is 6.17. The highest BCUT2D eigenvalue weighted by Gasteiger charge is 2.26. The predicted molar refractivity (Wildman–Crippen MR) is 130 cm³/mol. The molecule has 2 heterocycles. The molecule has 0 aromatic heterocycles. The molecule has 182 valence electrons. The number of likely N-dealkylation sites (tertiary alicyclic amines) is 1. The molecule has 33 heavy (non-hydrogen) atoms. The van der Waals surface area contributed by atoms with Crippen LogP contribution in [0.5, 0.6) is 0 Å². The molecule has 0 aliphatic carbocycles. The number of ether oxygens (including phenoxy) is 1. The van der Waals surface area contributed by atoms with Crippen LogP contribution in [0.4, 0.5) is 0 Å². The number of nitrogens with zero attached hydrogens (tertiary/aromatic N) is 3. The van der Waals surface area contributed by atoms with Crippen molar-refractivity contribution in [1.29, 1.82) is 0 Å². The number of aliphatic hydroxyl groups is 1. The summed E-state index contributed by atoms with van der Waals surface area (Å²) in [6, 6.07) is 5.17. The Kier molecular flexibility index (Phi) is 10.0. The smallest absolute Gasteiger partial charge is 0.246 e. The number of β-amino-alcohol motifs (C(OH)–C–C–N with tert-alkyl or cyclic N) is 1. The van der Waals surface area contributed by atoms with E-state index in [2.05, 4.69) is 4.90 Å². The van der Waals surface area contributed by atoms with Gasteiger partial charge in [-0.05, 0) is 49.1 Å². The molecule has 2 aliphatic heterocycles. The normalized spacial score (nSPS) is 21.5. The first-order valence-electron chi connectivity index (χ1n) is 11.4. The van der Waals surface area contributed by atoms with Crippen molar-refractivity contribution < 1.29 is 19.4 Å². The van der Waals surface area contributed by atoms with Gasteiger partial charge in [-0.15, -0.1) is 0 Å². The van der Waals surface area contributed by atoms with Gasteiger partial charge >= 0.3 is 0 Å². The highest BCUT2D eigenvalue weighted by Crippen LogP contribution is 2.23. The molecular weight excluding hydrogens is 465 g/mol. The van der Waals surface area contributed by atoms with E-state index < -0.39 is 6.10 Å². The zero-order valence-electron chi connectivity index (χ0n) is 19.1. The number of carbonyl (C=O) groups excluding carboxylic acids is 2. The van der Waals surface area contributed by atoms with Gasteiger partial charge in [0.15, 0.2) is 0 Å². The summed E-state index contributed by atoms with van der Waals surface area (Å²) in [5.74, 6) is 0.301. The lowest BCUT2D eigenvalue weighted by Crippen LogP contribution is -2.46. The minimum atomic E-state index is -0.618. The van der Waals surface area contributed by atoms with Crippen LogP contribution in [-0.2, 0) is 14.3 Å². The van der Waals surface area contributed by atoms with Gasteiger partial charge in [0, 0.05) is 58.9 Å². The Hall–Kier alpha value is -1.64. The minimum Gasteiger partial charge on any atom is -0.390 e. The van der Waals surface area contributed by atoms with Crippen LogP contribution in [0, 0.1) is 5.92 Å². The van der Waals surface area contributed by atoms with Gasteiger partial charge in [0.1, 0.15) is 0 Å². The first-order valence-corrected chi connectivity index (χ1v) is 12.2. The fraction of sp³-hybridized carbons (Fsp3) is 0.583. The van der Waals surface area contributed by atoms with Crippen LogP contribution in [0.3, 0.4) is 0 Å². The molecule has 2 fully saturated rings. The number of piperidine rings is 1. The van der Waals surface area contributed by atoms with E-state index in [1.54, 1.807) is 41.2 Å². The van der Waals surface area contributed by atoms with Crippen molar-refractivity contribution in [2.24, 2.45) is 5.92 Å². The number of amides is 2. The zero-order valence-corrected chi connectivity index (χ0v) is 20.6. The number of carbonyl (C=O) groups is 2. The van der Waals surface area contributed by atoms with Crippen molar-refractivity contribution in [2.75, 3.05) is 59.5 Å². The second-order valence-electron chi connectivity index (χ2n) is 8.80. The van der Waals surface area contributed by atoms with E-state index in [1.165, 1.54) is 6.08 Å². The van der Waals surface area contributed by atoms with Crippen LogP contribution in [0.2, 0.25) is 10.0 Å². The maximum atomic E-state index is 12.6. The van der Waals surface area contributed by atoms with Gasteiger partial charge in [0.05, 0.1) is 22.8 Å². The molecule has 1 aromatic carbocycles. The number of benzene rings is 1. The fourth-order valence-corrected chi connectivity index (χ4v) is 4.77. The predicted octanol–water partition coefficient (Wildman–Crippen LogP) is 2.79. The topological polar surface area (TPSA) is 73.3 Å². The molecule has 2 amide bonds. The van der Waals surface area contributed by atoms with Crippen molar-refractivity contribution in [3.05, 3.63) is 39.9 Å². The maximum Gasteiger partial charge on any atom is 0.246 e. The lowest BCUT2D eigenvalue weighted by atomic mass is 9.98. The van der Waals surface area contributed by atoms with Gasteiger partial charge in [-0.1, -0.05) is 29.3 Å². The van der Waals surface area contributed by atoms with Crippen LogP contribution in [-0.4, -0.2) is 97.3 Å². The Balaban J connectivity index is 1.48. The van der Waals surface area contributed by atoms with Gasteiger partial charge in [-0.3, -0.25) is 9.59 Å². The number of aliphatic hydroxyl groups excluding tert-OH is 1. The SMILES string of the molecule is COCC1CCCN(CC(O)CN2CCN(C(=O)/C=C/c3ccc(Cl)c(Cl)c3)CCC2=O)C1. The lowest BCUT2D eigenvalue weighted by Gasteiger charge is -2.34. The third-order valence-corrected chi connectivity index (χ3v) is 6.91. The molecule has 7 nitrogen and oxygen atoms in total. The maximum absolute atomic E-state index is 12.6.